The lowest BCUT2D eigenvalue weighted by Crippen LogP contribution is -2.21. The van der Waals surface area contributed by atoms with Crippen molar-refractivity contribution in [1.29, 1.82) is 0 Å². The first-order chi connectivity index (χ1) is 9.17. The van der Waals surface area contributed by atoms with Crippen LogP contribution in [0.25, 0.3) is 0 Å². The molecule has 2 N–H and O–H groups in total. The van der Waals surface area contributed by atoms with Crippen LogP contribution in [0.2, 0.25) is 5.02 Å². The first kappa shape index (κ1) is 14.3. The summed E-state index contributed by atoms with van der Waals surface area (Å²) in [5.41, 5.74) is 6.99. The number of hydrogen-bond acceptors (Lipinski definition) is 4. The van der Waals surface area contributed by atoms with Gasteiger partial charge >= 0.3 is 0 Å². The minimum Gasteiger partial charge on any atom is -0.327 e. The molecule has 5 heteroatoms. The van der Waals surface area contributed by atoms with Crippen LogP contribution < -0.4 is 5.73 Å². The van der Waals surface area contributed by atoms with Gasteiger partial charge in [0.05, 0.1) is 0 Å². The number of rotatable bonds is 5. The Bertz CT molecular complexity index is 513. The topological polar surface area (TPSA) is 51.8 Å². The Hall–Kier alpha value is -1.10. The van der Waals surface area contributed by atoms with E-state index in [0.717, 1.165) is 33.5 Å². The lowest BCUT2D eigenvalue weighted by atomic mass is 10.1. The molecule has 0 fully saturated rings. The largest absolute Gasteiger partial charge is 0.327 e. The van der Waals surface area contributed by atoms with Gasteiger partial charge in [-0.25, -0.2) is 9.97 Å². The summed E-state index contributed by atoms with van der Waals surface area (Å²) in [6.07, 6.45) is 5.48. The molecule has 0 radical (unpaired) electrons. The Morgan fingerprint density at radius 2 is 1.84 bits per heavy atom. The van der Waals surface area contributed by atoms with Gasteiger partial charge in [0.2, 0.25) is 0 Å². The van der Waals surface area contributed by atoms with E-state index < -0.39 is 0 Å². The summed E-state index contributed by atoms with van der Waals surface area (Å²) >= 11 is 7.36. The molecule has 19 heavy (non-hydrogen) atoms. The Kier molecular flexibility index (Phi) is 5.19. The standard InChI is InChI=1S/C14H16ClN3S/c1-2-12(16)7-10-8-17-14(18-9-10)19-13-5-3-11(15)4-6-13/h3-6,8-9,12H,2,7,16H2,1H3. The van der Waals surface area contributed by atoms with Gasteiger partial charge in [0.25, 0.3) is 0 Å². The highest BCUT2D eigenvalue weighted by Crippen LogP contribution is 2.25. The zero-order valence-corrected chi connectivity index (χ0v) is 12.3. The maximum Gasteiger partial charge on any atom is 0.192 e. The van der Waals surface area contributed by atoms with E-state index in [4.69, 9.17) is 17.3 Å². The minimum absolute atomic E-state index is 0.179. The second-order valence-electron chi connectivity index (χ2n) is 4.30. The third-order valence-corrected chi connectivity index (χ3v) is 3.88. The molecule has 0 aliphatic rings. The van der Waals surface area contributed by atoms with Crippen LogP contribution in [0.1, 0.15) is 18.9 Å². The normalized spacial score (nSPS) is 12.4. The summed E-state index contributed by atoms with van der Waals surface area (Å²) in [5, 5.41) is 1.46. The van der Waals surface area contributed by atoms with E-state index in [0.29, 0.717) is 0 Å². The zero-order valence-electron chi connectivity index (χ0n) is 10.7. The van der Waals surface area contributed by atoms with Crippen molar-refractivity contribution in [1.82, 2.24) is 9.97 Å². The molecule has 0 amide bonds. The monoisotopic (exact) mass is 293 g/mol. The van der Waals surface area contributed by atoms with Gasteiger partial charge < -0.3 is 5.73 Å². The highest BCUT2D eigenvalue weighted by atomic mass is 35.5. The van der Waals surface area contributed by atoms with Crippen LogP contribution >= 0.6 is 23.4 Å². The van der Waals surface area contributed by atoms with Gasteiger partial charge in [-0.3, -0.25) is 0 Å². The van der Waals surface area contributed by atoms with Crippen LogP contribution in [-0.2, 0) is 6.42 Å². The van der Waals surface area contributed by atoms with Crippen molar-refractivity contribution in [3.8, 4) is 0 Å². The Morgan fingerprint density at radius 3 is 2.42 bits per heavy atom. The van der Waals surface area contributed by atoms with E-state index in [1.165, 1.54) is 11.8 Å². The van der Waals surface area contributed by atoms with E-state index in [2.05, 4.69) is 16.9 Å². The van der Waals surface area contributed by atoms with Crippen molar-refractivity contribution in [3.05, 3.63) is 47.2 Å². The molecule has 0 bridgehead atoms. The van der Waals surface area contributed by atoms with Gasteiger partial charge in [0, 0.05) is 28.4 Å². The first-order valence-electron chi connectivity index (χ1n) is 6.17. The zero-order chi connectivity index (χ0) is 13.7. The number of nitrogens with zero attached hydrogens (tertiary/aromatic N) is 2. The highest BCUT2D eigenvalue weighted by Gasteiger charge is 2.04. The van der Waals surface area contributed by atoms with Crippen molar-refractivity contribution in [3.63, 3.8) is 0 Å². The summed E-state index contributed by atoms with van der Waals surface area (Å²) in [5.74, 6) is 0. The molecule has 2 aromatic rings. The van der Waals surface area contributed by atoms with Crippen LogP contribution in [0.5, 0.6) is 0 Å². The molecule has 1 unspecified atom stereocenters. The van der Waals surface area contributed by atoms with Gasteiger partial charge in [-0.1, -0.05) is 18.5 Å². The molecule has 0 aliphatic carbocycles. The summed E-state index contributed by atoms with van der Waals surface area (Å²) in [4.78, 5) is 9.77. The first-order valence-corrected chi connectivity index (χ1v) is 7.36. The second kappa shape index (κ2) is 6.89. The van der Waals surface area contributed by atoms with E-state index in [1.54, 1.807) is 0 Å². The van der Waals surface area contributed by atoms with Crippen LogP contribution in [0.4, 0.5) is 0 Å². The SMILES string of the molecule is CCC(N)Cc1cnc(Sc2ccc(Cl)cc2)nc1. The van der Waals surface area contributed by atoms with Gasteiger partial charge in [0.1, 0.15) is 0 Å². The predicted octanol–water partition coefficient (Wildman–Crippen LogP) is 3.56. The number of aromatic nitrogens is 2. The lowest BCUT2D eigenvalue weighted by Gasteiger charge is -2.08. The average Bonchev–Trinajstić information content (AvgIpc) is 2.43. The molecule has 100 valence electrons. The number of hydrogen-bond donors (Lipinski definition) is 1. The van der Waals surface area contributed by atoms with Gasteiger partial charge in [-0.2, -0.15) is 0 Å². The van der Waals surface area contributed by atoms with E-state index in [9.17, 15) is 0 Å². The molecule has 0 aliphatic heterocycles. The third kappa shape index (κ3) is 4.49. The molecule has 0 saturated carbocycles. The maximum atomic E-state index is 5.91. The molecule has 0 saturated heterocycles. The molecule has 1 heterocycles. The average molecular weight is 294 g/mol. The Labute approximate surface area is 122 Å². The molecule has 2 rings (SSSR count). The van der Waals surface area contributed by atoms with Crippen molar-refractivity contribution >= 4 is 23.4 Å². The Balaban J connectivity index is 2.00. The van der Waals surface area contributed by atoms with Crippen molar-refractivity contribution < 1.29 is 0 Å². The van der Waals surface area contributed by atoms with E-state index in [-0.39, 0.29) is 6.04 Å². The molecular weight excluding hydrogens is 278 g/mol. The highest BCUT2D eigenvalue weighted by molar-refractivity contribution is 7.99. The number of nitrogens with two attached hydrogens (primary N) is 1. The third-order valence-electron chi connectivity index (χ3n) is 2.73. The summed E-state index contributed by atoms with van der Waals surface area (Å²) in [7, 11) is 0. The molecule has 0 spiro atoms. The van der Waals surface area contributed by atoms with Crippen LogP contribution in [0, 0.1) is 0 Å². The molecule has 1 atom stereocenters. The fraction of sp³-hybridized carbons (Fsp3) is 0.286. The summed E-state index contributed by atoms with van der Waals surface area (Å²) < 4.78 is 0. The second-order valence-corrected chi connectivity index (χ2v) is 5.78. The molecule has 3 nitrogen and oxygen atoms in total. The van der Waals surface area contributed by atoms with Crippen LogP contribution in [-0.4, -0.2) is 16.0 Å². The minimum atomic E-state index is 0.179. The van der Waals surface area contributed by atoms with Crippen LogP contribution in [0.3, 0.4) is 0 Å². The van der Waals surface area contributed by atoms with E-state index >= 15 is 0 Å². The lowest BCUT2D eigenvalue weighted by molar-refractivity contribution is 0.641. The number of halogens is 1. The molecule has 1 aromatic carbocycles. The maximum absolute atomic E-state index is 5.91. The van der Waals surface area contributed by atoms with Crippen LogP contribution in [0.15, 0.2) is 46.7 Å². The smallest absolute Gasteiger partial charge is 0.192 e. The predicted molar refractivity (Wildman–Crippen MR) is 79.6 cm³/mol. The fourth-order valence-electron chi connectivity index (χ4n) is 1.56. The van der Waals surface area contributed by atoms with Crippen molar-refractivity contribution in [2.24, 2.45) is 5.73 Å². The van der Waals surface area contributed by atoms with Crippen molar-refractivity contribution in [2.45, 2.75) is 35.9 Å². The van der Waals surface area contributed by atoms with Gasteiger partial charge in [-0.15, -0.1) is 0 Å². The van der Waals surface area contributed by atoms with Gasteiger partial charge in [-0.05, 0) is 54.4 Å². The number of benzene rings is 1. The van der Waals surface area contributed by atoms with Crippen molar-refractivity contribution in [2.75, 3.05) is 0 Å². The molecular formula is C14H16ClN3S. The summed E-state index contributed by atoms with van der Waals surface area (Å²) in [6, 6.07) is 7.81. The molecule has 1 aromatic heterocycles. The van der Waals surface area contributed by atoms with Gasteiger partial charge in [0.15, 0.2) is 5.16 Å². The summed E-state index contributed by atoms with van der Waals surface area (Å²) in [6.45, 7) is 2.08. The quantitative estimate of drug-likeness (QED) is 0.857. The van der Waals surface area contributed by atoms with E-state index in [1.807, 2.05) is 36.7 Å². The Morgan fingerprint density at radius 1 is 1.21 bits per heavy atom. The fourth-order valence-corrected chi connectivity index (χ4v) is 2.38.